The smallest absolute Gasteiger partial charge is 0.330 e. The van der Waals surface area contributed by atoms with E-state index in [4.69, 9.17) is 9.16 Å². The molecular weight excluding hydrogens is 224 g/mol. The third kappa shape index (κ3) is 8.23. The lowest BCUT2D eigenvalue weighted by molar-refractivity contribution is -0.138. The fourth-order valence-electron chi connectivity index (χ4n) is 1.29. The van der Waals surface area contributed by atoms with Crippen LogP contribution in [0.1, 0.15) is 20.3 Å². The average Bonchev–Trinajstić information content (AvgIpc) is 2.11. The van der Waals surface area contributed by atoms with E-state index in [0.29, 0.717) is 6.61 Å². The van der Waals surface area contributed by atoms with Gasteiger partial charge in [-0.3, -0.25) is 4.79 Å². The minimum absolute atomic E-state index is 0.234. The van der Waals surface area contributed by atoms with E-state index in [1.807, 2.05) is 13.1 Å². The van der Waals surface area contributed by atoms with Crippen LogP contribution in [0.2, 0.25) is 19.1 Å². The summed E-state index contributed by atoms with van der Waals surface area (Å²) in [6.45, 7) is 7.50. The van der Waals surface area contributed by atoms with Crippen LogP contribution in [0.4, 0.5) is 0 Å². The quantitative estimate of drug-likeness (QED) is 0.311. The molecule has 0 fully saturated rings. The lowest BCUT2D eigenvalue weighted by atomic mass is 10.5. The molecule has 0 aliphatic heterocycles. The predicted octanol–water partition coefficient (Wildman–Crippen LogP) is 2.26. The van der Waals surface area contributed by atoms with Gasteiger partial charge < -0.3 is 9.16 Å². The van der Waals surface area contributed by atoms with Crippen molar-refractivity contribution < 1.29 is 18.8 Å². The molecule has 0 aliphatic rings. The summed E-state index contributed by atoms with van der Waals surface area (Å²) in [5, 5.41) is 0. The number of esters is 1. The Morgan fingerprint density at radius 2 is 1.94 bits per heavy atom. The Morgan fingerprint density at radius 1 is 1.31 bits per heavy atom. The van der Waals surface area contributed by atoms with Gasteiger partial charge in [0.2, 0.25) is 8.32 Å². The molecule has 0 aromatic rings. The van der Waals surface area contributed by atoms with Gasteiger partial charge >= 0.3 is 5.97 Å². The molecule has 0 aliphatic carbocycles. The van der Waals surface area contributed by atoms with Gasteiger partial charge in [0.15, 0.2) is 0 Å². The lowest BCUT2D eigenvalue weighted by Crippen LogP contribution is -2.32. The zero-order valence-corrected chi connectivity index (χ0v) is 11.4. The van der Waals surface area contributed by atoms with Gasteiger partial charge in [0.1, 0.15) is 0 Å². The van der Waals surface area contributed by atoms with Gasteiger partial charge in [-0.05, 0) is 32.5 Å². The van der Waals surface area contributed by atoms with E-state index in [0.717, 1.165) is 12.5 Å². The van der Waals surface area contributed by atoms with Crippen LogP contribution in [0, 0.1) is 0 Å². The number of carbonyl (C=O) groups excluding carboxylic acids is 2. The molecule has 0 N–H and O–H groups in total. The molecule has 0 unspecified atom stereocenters. The van der Waals surface area contributed by atoms with Crippen LogP contribution in [-0.2, 0) is 18.8 Å². The van der Waals surface area contributed by atoms with E-state index >= 15 is 0 Å². The van der Waals surface area contributed by atoms with E-state index in [1.54, 1.807) is 13.0 Å². The van der Waals surface area contributed by atoms with Crippen LogP contribution < -0.4 is 0 Å². The van der Waals surface area contributed by atoms with Crippen LogP contribution >= 0.6 is 0 Å². The number of carbonyl (C=O) groups is 2. The summed E-state index contributed by atoms with van der Waals surface area (Å²) in [4.78, 5) is 21.8. The van der Waals surface area contributed by atoms with Gasteiger partial charge in [0, 0.05) is 13.0 Å². The van der Waals surface area contributed by atoms with Crippen LogP contribution in [0.15, 0.2) is 12.2 Å². The summed E-state index contributed by atoms with van der Waals surface area (Å²) in [7, 11) is -1.92. The van der Waals surface area contributed by atoms with E-state index in [9.17, 15) is 9.59 Å². The molecule has 0 bridgehead atoms. The summed E-state index contributed by atoms with van der Waals surface area (Å²) in [6, 6.07) is 0.801. The zero-order chi connectivity index (χ0) is 12.6. The molecule has 5 heteroatoms. The molecule has 4 nitrogen and oxygen atoms in total. The molecule has 0 saturated heterocycles. The molecule has 0 aromatic heterocycles. The Bertz CT molecular complexity index is 271. The Morgan fingerprint density at radius 3 is 2.44 bits per heavy atom. The van der Waals surface area contributed by atoms with E-state index < -0.39 is 8.32 Å². The van der Waals surface area contributed by atoms with E-state index in [2.05, 4.69) is 0 Å². The molecule has 0 saturated carbocycles. The highest BCUT2D eigenvalue weighted by atomic mass is 28.4. The van der Waals surface area contributed by atoms with Crippen molar-refractivity contribution in [2.75, 3.05) is 6.61 Å². The standard InChI is InChI=1S/C11H20O4Si/c1-5-7-11(13)14-8-6-9-16(3,4)15-10(2)12/h5,7H,6,8-9H2,1-4H3. The normalized spacial score (nSPS) is 11.5. The summed E-state index contributed by atoms with van der Waals surface area (Å²) < 4.78 is 10.2. The van der Waals surface area contributed by atoms with Crippen molar-refractivity contribution in [2.24, 2.45) is 0 Å². The van der Waals surface area contributed by atoms with Crippen molar-refractivity contribution >= 4 is 20.3 Å². The second-order valence-corrected chi connectivity index (χ2v) is 8.35. The second kappa shape index (κ2) is 7.22. The van der Waals surface area contributed by atoms with Gasteiger partial charge in [-0.25, -0.2) is 4.79 Å². The highest BCUT2D eigenvalue weighted by molar-refractivity contribution is 6.72. The van der Waals surface area contributed by atoms with E-state index in [1.165, 1.54) is 13.0 Å². The average molecular weight is 244 g/mol. The van der Waals surface area contributed by atoms with E-state index in [-0.39, 0.29) is 11.9 Å². The number of allylic oxidation sites excluding steroid dienone is 1. The second-order valence-electron chi connectivity index (χ2n) is 4.12. The lowest BCUT2D eigenvalue weighted by Gasteiger charge is -2.21. The number of rotatable bonds is 6. The van der Waals surface area contributed by atoms with Gasteiger partial charge in [0.05, 0.1) is 6.61 Å². The maximum Gasteiger partial charge on any atom is 0.330 e. The van der Waals surface area contributed by atoms with Gasteiger partial charge in [-0.1, -0.05) is 6.08 Å². The number of ether oxygens (including phenoxy) is 1. The van der Waals surface area contributed by atoms with Crippen molar-refractivity contribution in [1.82, 2.24) is 0 Å². The fourth-order valence-corrected chi connectivity index (χ4v) is 3.17. The summed E-state index contributed by atoms with van der Waals surface area (Å²) in [5.74, 6) is -0.558. The van der Waals surface area contributed by atoms with Crippen LogP contribution in [0.5, 0.6) is 0 Å². The minimum Gasteiger partial charge on any atom is -0.520 e. The molecule has 92 valence electrons. The molecule has 0 rings (SSSR count). The predicted molar refractivity (Wildman–Crippen MR) is 64.4 cm³/mol. The molecule has 16 heavy (non-hydrogen) atoms. The first-order chi connectivity index (χ1) is 7.37. The molecule has 0 heterocycles. The van der Waals surface area contributed by atoms with Crippen molar-refractivity contribution in [3.05, 3.63) is 12.2 Å². The first kappa shape index (κ1) is 14.9. The zero-order valence-electron chi connectivity index (χ0n) is 10.4. The number of hydrogen-bond acceptors (Lipinski definition) is 4. The van der Waals surface area contributed by atoms with Crippen molar-refractivity contribution in [2.45, 2.75) is 39.4 Å². The van der Waals surface area contributed by atoms with Crippen LogP contribution in [0.25, 0.3) is 0 Å². The number of hydrogen-bond donors (Lipinski definition) is 0. The maximum absolute atomic E-state index is 11.0. The third-order valence-corrected chi connectivity index (χ3v) is 4.29. The first-order valence-electron chi connectivity index (χ1n) is 5.36. The highest BCUT2D eigenvalue weighted by Crippen LogP contribution is 2.13. The molecule has 0 aromatic carbocycles. The minimum atomic E-state index is -1.92. The van der Waals surface area contributed by atoms with Gasteiger partial charge in [-0.15, -0.1) is 0 Å². The molecular formula is C11H20O4Si. The molecule has 0 atom stereocenters. The van der Waals surface area contributed by atoms with Gasteiger partial charge in [-0.2, -0.15) is 0 Å². The first-order valence-corrected chi connectivity index (χ1v) is 8.48. The molecule has 0 spiro atoms. The maximum atomic E-state index is 11.0. The summed E-state index contributed by atoms with van der Waals surface area (Å²) in [6.07, 6.45) is 3.75. The van der Waals surface area contributed by atoms with Crippen LogP contribution in [-0.4, -0.2) is 26.9 Å². The summed E-state index contributed by atoms with van der Waals surface area (Å²) in [5.41, 5.74) is 0. The monoisotopic (exact) mass is 244 g/mol. The van der Waals surface area contributed by atoms with Crippen LogP contribution in [0.3, 0.4) is 0 Å². The Hall–Kier alpha value is -1.10. The summed E-state index contributed by atoms with van der Waals surface area (Å²) >= 11 is 0. The molecule has 0 amide bonds. The Balaban J connectivity index is 3.73. The van der Waals surface area contributed by atoms with Crippen molar-refractivity contribution in [3.8, 4) is 0 Å². The van der Waals surface area contributed by atoms with Crippen molar-refractivity contribution in [1.29, 1.82) is 0 Å². The Kier molecular flexibility index (Phi) is 6.72. The third-order valence-electron chi connectivity index (χ3n) is 1.89. The fraction of sp³-hybridized carbons (Fsp3) is 0.636. The molecule has 0 radical (unpaired) electrons. The van der Waals surface area contributed by atoms with Gasteiger partial charge in [0.25, 0.3) is 5.97 Å². The largest absolute Gasteiger partial charge is 0.520 e. The topological polar surface area (TPSA) is 52.6 Å². The Labute approximate surface area is 97.8 Å². The van der Waals surface area contributed by atoms with Crippen molar-refractivity contribution in [3.63, 3.8) is 0 Å². The highest BCUT2D eigenvalue weighted by Gasteiger charge is 2.24. The SMILES string of the molecule is CC=CC(=O)OCCC[Si](C)(C)OC(C)=O.